The van der Waals surface area contributed by atoms with E-state index >= 15 is 0 Å². The molecule has 1 heterocycles. The van der Waals surface area contributed by atoms with E-state index in [4.69, 9.17) is 0 Å². The Morgan fingerprint density at radius 1 is 1.75 bits per heavy atom. The standard InChI is InChI=1S/C4H8O2.C3H4NO2/c1-3-4(5)6-2;5-3-4-1-2-6-3/h3H2,1-2H3;1-2H2. The molecule has 1 rings (SSSR count). The Hall–Kier alpha value is -1.26. The maximum atomic E-state index is 9.96. The van der Waals surface area contributed by atoms with Gasteiger partial charge in [-0.2, -0.15) is 0 Å². The van der Waals surface area contributed by atoms with Gasteiger partial charge in [-0.05, 0) is 0 Å². The van der Waals surface area contributed by atoms with Crippen LogP contribution in [0.3, 0.4) is 0 Å². The summed E-state index contributed by atoms with van der Waals surface area (Å²) in [6.45, 7) is 2.77. The van der Waals surface area contributed by atoms with Crippen LogP contribution in [0.2, 0.25) is 0 Å². The highest BCUT2D eigenvalue weighted by molar-refractivity contribution is 5.68. The maximum absolute atomic E-state index is 9.96. The van der Waals surface area contributed by atoms with E-state index in [1.54, 1.807) is 6.92 Å². The summed E-state index contributed by atoms with van der Waals surface area (Å²) in [5.41, 5.74) is 0. The van der Waals surface area contributed by atoms with Gasteiger partial charge in [-0.15, -0.1) is 0 Å². The number of methoxy groups -OCH3 is 1. The Labute approximate surface area is 71.0 Å². The molecule has 5 nitrogen and oxygen atoms in total. The van der Waals surface area contributed by atoms with Crippen LogP contribution in [0.1, 0.15) is 13.3 Å². The largest absolute Gasteiger partial charge is 0.469 e. The highest BCUT2D eigenvalue weighted by atomic mass is 16.6. The van der Waals surface area contributed by atoms with E-state index < -0.39 is 6.09 Å². The average Bonchev–Trinajstić information content (AvgIpc) is 2.55. The second-order valence-electron chi connectivity index (χ2n) is 1.93. The van der Waals surface area contributed by atoms with Gasteiger partial charge < -0.3 is 9.47 Å². The van der Waals surface area contributed by atoms with Gasteiger partial charge in [0.05, 0.1) is 13.7 Å². The molecule has 1 aliphatic heterocycles. The lowest BCUT2D eigenvalue weighted by Gasteiger charge is -1.87. The van der Waals surface area contributed by atoms with Crippen LogP contribution < -0.4 is 5.32 Å². The molecule has 1 aliphatic rings. The molecule has 1 fully saturated rings. The minimum Gasteiger partial charge on any atom is -0.469 e. The second-order valence-corrected chi connectivity index (χ2v) is 1.93. The zero-order chi connectivity index (χ0) is 9.40. The van der Waals surface area contributed by atoms with E-state index in [2.05, 4.69) is 14.8 Å². The van der Waals surface area contributed by atoms with Gasteiger partial charge in [0.15, 0.2) is 0 Å². The molecule has 0 aromatic rings. The fourth-order valence-corrected chi connectivity index (χ4v) is 0.460. The van der Waals surface area contributed by atoms with Crippen molar-refractivity contribution in [3.05, 3.63) is 0 Å². The SMILES string of the molecule is CCC(=O)OC.O=C1[N]CCO1. The molecule has 0 N–H and O–H groups in total. The Morgan fingerprint density at radius 3 is 2.50 bits per heavy atom. The molecule has 0 bridgehead atoms. The number of amides is 1. The third kappa shape index (κ3) is 5.52. The van der Waals surface area contributed by atoms with Crippen LogP contribution >= 0.6 is 0 Å². The van der Waals surface area contributed by atoms with Crippen molar-refractivity contribution in [1.82, 2.24) is 5.32 Å². The first-order valence-electron chi connectivity index (χ1n) is 3.61. The average molecular weight is 174 g/mol. The summed E-state index contributed by atoms with van der Waals surface area (Å²) >= 11 is 0. The third-order valence-corrected chi connectivity index (χ3v) is 1.07. The normalized spacial score (nSPS) is 13.7. The fourth-order valence-electron chi connectivity index (χ4n) is 0.460. The Kier molecular flexibility index (Phi) is 5.77. The number of ether oxygens (including phenoxy) is 2. The molecule has 0 aromatic heterocycles. The van der Waals surface area contributed by atoms with Crippen molar-refractivity contribution >= 4 is 12.1 Å². The zero-order valence-corrected chi connectivity index (χ0v) is 7.20. The predicted molar refractivity (Wildman–Crippen MR) is 40.7 cm³/mol. The van der Waals surface area contributed by atoms with Gasteiger partial charge in [0.2, 0.25) is 0 Å². The number of hydrogen-bond acceptors (Lipinski definition) is 4. The molecule has 0 saturated carbocycles. The first-order valence-corrected chi connectivity index (χ1v) is 3.61. The van der Waals surface area contributed by atoms with Crippen molar-refractivity contribution in [3.63, 3.8) is 0 Å². The lowest BCUT2D eigenvalue weighted by atomic mass is 10.5. The zero-order valence-electron chi connectivity index (χ0n) is 7.20. The van der Waals surface area contributed by atoms with Gasteiger partial charge in [-0.3, -0.25) is 4.79 Å². The van der Waals surface area contributed by atoms with Crippen LogP contribution in [0.4, 0.5) is 4.79 Å². The van der Waals surface area contributed by atoms with E-state index in [1.807, 2.05) is 0 Å². The predicted octanol–water partition coefficient (Wildman–Crippen LogP) is 0.310. The van der Waals surface area contributed by atoms with Gasteiger partial charge in [0, 0.05) is 6.42 Å². The Bertz CT molecular complexity index is 141. The van der Waals surface area contributed by atoms with E-state index in [9.17, 15) is 9.59 Å². The smallest absolute Gasteiger partial charge is 0.429 e. The van der Waals surface area contributed by atoms with Crippen LogP contribution in [0.15, 0.2) is 0 Å². The fraction of sp³-hybridized carbons (Fsp3) is 0.714. The molecule has 69 valence electrons. The topological polar surface area (TPSA) is 66.7 Å². The van der Waals surface area contributed by atoms with E-state index in [1.165, 1.54) is 7.11 Å². The van der Waals surface area contributed by atoms with E-state index in [-0.39, 0.29) is 5.97 Å². The van der Waals surface area contributed by atoms with Gasteiger partial charge in [0.25, 0.3) is 0 Å². The van der Waals surface area contributed by atoms with Crippen molar-refractivity contribution in [3.8, 4) is 0 Å². The molecule has 0 aliphatic carbocycles. The highest BCUT2D eigenvalue weighted by Crippen LogP contribution is 1.85. The van der Waals surface area contributed by atoms with Crippen molar-refractivity contribution < 1.29 is 19.1 Å². The molecule has 1 amide bonds. The summed E-state index contributed by atoms with van der Waals surface area (Å²) in [6.07, 6.45) is 0.0475. The lowest BCUT2D eigenvalue weighted by Crippen LogP contribution is -2.01. The quantitative estimate of drug-likeness (QED) is 0.536. The summed E-state index contributed by atoms with van der Waals surface area (Å²) < 4.78 is 8.61. The third-order valence-electron chi connectivity index (χ3n) is 1.07. The number of nitrogens with zero attached hydrogens (tertiary/aromatic N) is 1. The van der Waals surface area contributed by atoms with Crippen LogP contribution in [0.5, 0.6) is 0 Å². The second kappa shape index (κ2) is 6.45. The molecule has 12 heavy (non-hydrogen) atoms. The van der Waals surface area contributed by atoms with Gasteiger partial charge in [-0.25, -0.2) is 10.1 Å². The Balaban J connectivity index is 0.000000202. The number of carbonyl (C=O) groups is 2. The molecular weight excluding hydrogens is 162 g/mol. The van der Waals surface area contributed by atoms with Crippen LogP contribution in [-0.4, -0.2) is 32.3 Å². The van der Waals surface area contributed by atoms with Crippen molar-refractivity contribution in [2.45, 2.75) is 13.3 Å². The summed E-state index contributed by atoms with van der Waals surface area (Å²) in [6, 6.07) is 0. The number of carbonyl (C=O) groups excluding carboxylic acids is 2. The summed E-state index contributed by atoms with van der Waals surface area (Å²) in [5.74, 6) is -0.157. The van der Waals surface area contributed by atoms with Crippen LogP contribution in [0.25, 0.3) is 0 Å². The molecule has 0 spiro atoms. The number of hydrogen-bond donors (Lipinski definition) is 0. The summed E-state index contributed by atoms with van der Waals surface area (Å²) in [7, 11) is 1.38. The summed E-state index contributed by atoms with van der Waals surface area (Å²) in [4.78, 5) is 19.8. The van der Waals surface area contributed by atoms with Gasteiger partial charge in [-0.1, -0.05) is 6.92 Å². The number of esters is 1. The molecule has 5 heteroatoms. The molecule has 0 aromatic carbocycles. The highest BCUT2D eigenvalue weighted by Gasteiger charge is 2.09. The van der Waals surface area contributed by atoms with E-state index in [0.29, 0.717) is 19.6 Å². The molecule has 0 unspecified atom stereocenters. The molecule has 1 radical (unpaired) electrons. The van der Waals surface area contributed by atoms with Crippen LogP contribution in [0, 0.1) is 0 Å². The van der Waals surface area contributed by atoms with Crippen LogP contribution in [-0.2, 0) is 14.3 Å². The minimum absolute atomic E-state index is 0.157. The number of rotatable bonds is 1. The van der Waals surface area contributed by atoms with Gasteiger partial charge in [0.1, 0.15) is 6.61 Å². The molecule has 0 atom stereocenters. The molecule has 1 saturated heterocycles. The monoisotopic (exact) mass is 174 g/mol. The van der Waals surface area contributed by atoms with Crippen molar-refractivity contribution in [2.75, 3.05) is 20.3 Å². The first kappa shape index (κ1) is 10.7. The van der Waals surface area contributed by atoms with Gasteiger partial charge >= 0.3 is 12.1 Å². The molecular formula is C7H12NO4. The minimum atomic E-state index is -0.421. The Morgan fingerprint density at radius 2 is 2.42 bits per heavy atom. The number of cyclic esters (lactones) is 1. The summed E-state index contributed by atoms with van der Waals surface area (Å²) in [5, 5.41) is 3.38. The first-order chi connectivity index (χ1) is 5.70. The van der Waals surface area contributed by atoms with Crippen molar-refractivity contribution in [1.29, 1.82) is 0 Å². The van der Waals surface area contributed by atoms with Crippen molar-refractivity contribution in [2.24, 2.45) is 0 Å². The lowest BCUT2D eigenvalue weighted by molar-refractivity contribution is -0.140. The van der Waals surface area contributed by atoms with E-state index in [0.717, 1.165) is 0 Å². The maximum Gasteiger partial charge on any atom is 0.429 e.